The van der Waals surface area contributed by atoms with E-state index in [1.54, 1.807) is 12.1 Å². The van der Waals surface area contributed by atoms with Crippen molar-refractivity contribution in [3.63, 3.8) is 0 Å². The third kappa shape index (κ3) is 3.38. The summed E-state index contributed by atoms with van der Waals surface area (Å²) in [7, 11) is 0. The summed E-state index contributed by atoms with van der Waals surface area (Å²) in [5.74, 6) is 0.309. The number of phenolic OH excluding ortho intramolecular Hbond substituents is 1. The predicted octanol–water partition coefficient (Wildman–Crippen LogP) is 2.59. The molecular formula is C18H19N3O. The molecule has 1 fully saturated rings. The van der Waals surface area contributed by atoms with E-state index in [-0.39, 0.29) is 0 Å². The van der Waals surface area contributed by atoms with Crippen molar-refractivity contribution in [2.45, 2.75) is 6.54 Å². The highest BCUT2D eigenvalue weighted by Gasteiger charge is 2.17. The lowest BCUT2D eigenvalue weighted by molar-refractivity contribution is 0.250. The van der Waals surface area contributed by atoms with Crippen molar-refractivity contribution in [2.24, 2.45) is 0 Å². The van der Waals surface area contributed by atoms with Gasteiger partial charge in [-0.25, -0.2) is 0 Å². The number of rotatable bonds is 3. The molecule has 0 aromatic heterocycles. The largest absolute Gasteiger partial charge is 0.508 e. The highest BCUT2D eigenvalue weighted by molar-refractivity contribution is 5.49. The summed E-state index contributed by atoms with van der Waals surface area (Å²) in [6, 6.07) is 17.4. The van der Waals surface area contributed by atoms with Crippen LogP contribution < -0.4 is 4.90 Å². The molecule has 2 aromatic rings. The van der Waals surface area contributed by atoms with Gasteiger partial charge < -0.3 is 10.0 Å². The summed E-state index contributed by atoms with van der Waals surface area (Å²) in [5.41, 5.74) is 3.12. The molecule has 4 nitrogen and oxygen atoms in total. The summed E-state index contributed by atoms with van der Waals surface area (Å²) in [5, 5.41) is 18.2. The van der Waals surface area contributed by atoms with Gasteiger partial charge >= 0.3 is 0 Å². The highest BCUT2D eigenvalue weighted by Crippen LogP contribution is 2.20. The minimum absolute atomic E-state index is 0.309. The van der Waals surface area contributed by atoms with Crippen LogP contribution in [0.15, 0.2) is 48.5 Å². The fourth-order valence-electron chi connectivity index (χ4n) is 2.77. The molecule has 1 aliphatic rings. The zero-order chi connectivity index (χ0) is 15.4. The smallest absolute Gasteiger partial charge is 0.115 e. The molecule has 0 saturated carbocycles. The van der Waals surface area contributed by atoms with Crippen LogP contribution in [0.25, 0.3) is 0 Å². The fraction of sp³-hybridized carbons (Fsp3) is 0.278. The molecule has 1 heterocycles. The summed E-state index contributed by atoms with van der Waals surface area (Å²) in [6.07, 6.45) is 0. The monoisotopic (exact) mass is 293 g/mol. The normalized spacial score (nSPS) is 15.5. The van der Waals surface area contributed by atoms with E-state index in [2.05, 4.69) is 15.9 Å². The Hall–Kier alpha value is -2.51. The van der Waals surface area contributed by atoms with Gasteiger partial charge in [-0.2, -0.15) is 5.26 Å². The van der Waals surface area contributed by atoms with Crippen LogP contribution in [0.1, 0.15) is 11.1 Å². The van der Waals surface area contributed by atoms with E-state index in [1.165, 1.54) is 5.56 Å². The maximum Gasteiger partial charge on any atom is 0.115 e. The fourth-order valence-corrected chi connectivity index (χ4v) is 2.77. The van der Waals surface area contributed by atoms with E-state index in [1.807, 2.05) is 36.4 Å². The first-order valence-corrected chi connectivity index (χ1v) is 7.50. The molecule has 2 aromatic carbocycles. The van der Waals surface area contributed by atoms with Crippen LogP contribution in [0, 0.1) is 11.3 Å². The van der Waals surface area contributed by atoms with Crippen LogP contribution in [0.3, 0.4) is 0 Å². The predicted molar refractivity (Wildman–Crippen MR) is 86.8 cm³/mol. The molecule has 0 unspecified atom stereocenters. The number of phenols is 1. The second-order valence-corrected chi connectivity index (χ2v) is 5.59. The first-order chi connectivity index (χ1) is 10.7. The zero-order valence-electron chi connectivity index (χ0n) is 12.4. The molecule has 1 saturated heterocycles. The Balaban J connectivity index is 1.55. The molecule has 1 aliphatic heterocycles. The molecule has 0 radical (unpaired) electrons. The van der Waals surface area contributed by atoms with E-state index in [9.17, 15) is 5.11 Å². The van der Waals surface area contributed by atoms with Gasteiger partial charge in [0, 0.05) is 38.4 Å². The van der Waals surface area contributed by atoms with Gasteiger partial charge in [-0.1, -0.05) is 12.1 Å². The van der Waals surface area contributed by atoms with Crippen LogP contribution >= 0.6 is 0 Å². The van der Waals surface area contributed by atoms with Gasteiger partial charge in [-0.3, -0.25) is 4.90 Å². The second kappa shape index (κ2) is 6.50. The summed E-state index contributed by atoms with van der Waals surface area (Å²) in [4.78, 5) is 4.77. The van der Waals surface area contributed by atoms with Crippen LogP contribution in [0.4, 0.5) is 5.69 Å². The standard InChI is InChI=1S/C18H19N3O/c19-13-15-1-3-16(4-2-15)14-20-9-11-21(12-10-20)17-5-7-18(22)8-6-17/h1-8,22H,9-12,14H2. The first-order valence-electron chi connectivity index (χ1n) is 7.50. The number of piperazine rings is 1. The van der Waals surface area contributed by atoms with Crippen molar-refractivity contribution >= 4 is 5.69 Å². The topological polar surface area (TPSA) is 50.5 Å². The van der Waals surface area contributed by atoms with Crippen molar-refractivity contribution in [1.82, 2.24) is 4.90 Å². The van der Waals surface area contributed by atoms with E-state index >= 15 is 0 Å². The van der Waals surface area contributed by atoms with Gasteiger partial charge in [0.25, 0.3) is 0 Å². The summed E-state index contributed by atoms with van der Waals surface area (Å²) < 4.78 is 0. The average molecular weight is 293 g/mol. The number of benzene rings is 2. The van der Waals surface area contributed by atoms with Gasteiger partial charge in [-0.15, -0.1) is 0 Å². The molecular weight excluding hydrogens is 274 g/mol. The van der Waals surface area contributed by atoms with Crippen molar-refractivity contribution < 1.29 is 5.11 Å². The summed E-state index contributed by atoms with van der Waals surface area (Å²) >= 11 is 0. The van der Waals surface area contributed by atoms with Gasteiger partial charge in [0.05, 0.1) is 11.6 Å². The van der Waals surface area contributed by atoms with Gasteiger partial charge in [0.1, 0.15) is 5.75 Å². The van der Waals surface area contributed by atoms with Crippen LogP contribution in [-0.2, 0) is 6.54 Å². The maximum absolute atomic E-state index is 9.35. The van der Waals surface area contributed by atoms with Crippen LogP contribution in [0.5, 0.6) is 5.75 Å². The molecule has 4 heteroatoms. The Kier molecular flexibility index (Phi) is 4.27. The minimum atomic E-state index is 0.309. The Morgan fingerprint density at radius 2 is 1.55 bits per heavy atom. The van der Waals surface area contributed by atoms with Gasteiger partial charge in [0.15, 0.2) is 0 Å². The molecule has 1 N–H and O–H groups in total. The zero-order valence-corrected chi connectivity index (χ0v) is 12.4. The Morgan fingerprint density at radius 3 is 2.14 bits per heavy atom. The van der Waals surface area contributed by atoms with Crippen molar-refractivity contribution in [3.8, 4) is 11.8 Å². The third-order valence-electron chi connectivity index (χ3n) is 4.08. The molecule has 0 amide bonds. The lowest BCUT2D eigenvalue weighted by atomic mass is 10.1. The number of anilines is 1. The number of nitrogens with zero attached hydrogens (tertiary/aromatic N) is 3. The quantitative estimate of drug-likeness (QED) is 0.945. The Morgan fingerprint density at radius 1 is 0.909 bits per heavy atom. The van der Waals surface area contributed by atoms with Crippen molar-refractivity contribution in [2.75, 3.05) is 31.1 Å². The van der Waals surface area contributed by atoms with Gasteiger partial charge in [0.2, 0.25) is 0 Å². The van der Waals surface area contributed by atoms with E-state index in [4.69, 9.17) is 5.26 Å². The van der Waals surface area contributed by atoms with Crippen molar-refractivity contribution in [3.05, 3.63) is 59.7 Å². The van der Waals surface area contributed by atoms with Crippen LogP contribution in [-0.4, -0.2) is 36.2 Å². The SMILES string of the molecule is N#Cc1ccc(CN2CCN(c3ccc(O)cc3)CC2)cc1. The molecule has 3 rings (SSSR count). The number of hydrogen-bond donors (Lipinski definition) is 1. The third-order valence-corrected chi connectivity index (χ3v) is 4.08. The second-order valence-electron chi connectivity index (χ2n) is 5.59. The Bertz CT molecular complexity index is 650. The molecule has 112 valence electrons. The number of hydrogen-bond acceptors (Lipinski definition) is 4. The number of nitriles is 1. The number of aromatic hydroxyl groups is 1. The van der Waals surface area contributed by atoms with Gasteiger partial charge in [-0.05, 0) is 42.0 Å². The lowest BCUT2D eigenvalue weighted by Crippen LogP contribution is -2.45. The van der Waals surface area contributed by atoms with E-state index in [0.29, 0.717) is 11.3 Å². The molecule has 0 bridgehead atoms. The average Bonchev–Trinajstić information content (AvgIpc) is 2.57. The minimum Gasteiger partial charge on any atom is -0.508 e. The maximum atomic E-state index is 9.35. The molecule has 0 atom stereocenters. The van der Waals surface area contributed by atoms with E-state index < -0.39 is 0 Å². The molecule has 0 aliphatic carbocycles. The lowest BCUT2D eigenvalue weighted by Gasteiger charge is -2.36. The van der Waals surface area contributed by atoms with E-state index in [0.717, 1.165) is 38.4 Å². The van der Waals surface area contributed by atoms with Crippen LogP contribution in [0.2, 0.25) is 0 Å². The summed E-state index contributed by atoms with van der Waals surface area (Å²) in [6.45, 7) is 4.93. The molecule has 22 heavy (non-hydrogen) atoms. The highest BCUT2D eigenvalue weighted by atomic mass is 16.3. The first kappa shape index (κ1) is 14.4. The van der Waals surface area contributed by atoms with Crippen molar-refractivity contribution in [1.29, 1.82) is 5.26 Å². The molecule has 0 spiro atoms. The Labute approximate surface area is 130 Å².